The Morgan fingerprint density at radius 3 is 2.50 bits per heavy atom. The van der Waals surface area contributed by atoms with Crippen LogP contribution in [0, 0.1) is 11.3 Å². The largest absolute Gasteiger partial charge is 0.465 e. The van der Waals surface area contributed by atoms with Gasteiger partial charge in [-0.25, -0.2) is 9.18 Å². The Labute approximate surface area is 111 Å². The Balaban J connectivity index is 2.62. The van der Waals surface area contributed by atoms with Crippen molar-refractivity contribution < 1.29 is 27.1 Å². The Hall–Kier alpha value is -2.10. The molecule has 106 valence electrons. The number of alkyl halides is 4. The summed E-state index contributed by atoms with van der Waals surface area (Å²) in [6.45, 7) is 0. The van der Waals surface area contributed by atoms with Gasteiger partial charge in [-0.3, -0.25) is 0 Å². The van der Waals surface area contributed by atoms with Crippen LogP contribution in [0.4, 0.5) is 17.6 Å². The Bertz CT molecular complexity index is 605. The van der Waals surface area contributed by atoms with E-state index in [0.29, 0.717) is 12.1 Å². The zero-order valence-corrected chi connectivity index (χ0v) is 10.3. The van der Waals surface area contributed by atoms with E-state index < -0.39 is 29.3 Å². The molecule has 1 aliphatic carbocycles. The molecule has 0 radical (unpaired) electrons. The summed E-state index contributed by atoms with van der Waals surface area (Å²) in [7, 11) is 1.06. The van der Waals surface area contributed by atoms with Crippen LogP contribution in [-0.2, 0) is 16.3 Å². The fourth-order valence-electron chi connectivity index (χ4n) is 2.06. The average molecular weight is 287 g/mol. The molecule has 1 aromatic rings. The minimum absolute atomic E-state index is 0.220. The number of esters is 1. The van der Waals surface area contributed by atoms with E-state index in [1.807, 2.05) is 0 Å². The lowest BCUT2D eigenvalue weighted by Crippen LogP contribution is -2.17. The van der Waals surface area contributed by atoms with E-state index in [9.17, 15) is 22.4 Å². The van der Waals surface area contributed by atoms with Crippen molar-refractivity contribution in [1.82, 2.24) is 0 Å². The van der Waals surface area contributed by atoms with Crippen molar-refractivity contribution in [3.8, 4) is 6.07 Å². The lowest BCUT2D eigenvalue weighted by Gasteiger charge is -2.15. The third-order valence-electron chi connectivity index (χ3n) is 3.31. The number of methoxy groups -OCH3 is 1. The molecule has 0 saturated heterocycles. The van der Waals surface area contributed by atoms with Crippen molar-refractivity contribution in [2.24, 2.45) is 0 Å². The fourth-order valence-corrected chi connectivity index (χ4v) is 2.06. The SMILES string of the molecule is COC(=O)c1ccc(C(F)(F)F)cc1[C@@]1(C#N)C[C@@H]1F. The van der Waals surface area contributed by atoms with Gasteiger partial charge in [-0.2, -0.15) is 18.4 Å². The molecule has 0 unspecified atom stereocenters. The van der Waals surface area contributed by atoms with Gasteiger partial charge in [0, 0.05) is 6.42 Å². The van der Waals surface area contributed by atoms with Crippen LogP contribution in [0.3, 0.4) is 0 Å². The van der Waals surface area contributed by atoms with Gasteiger partial charge in [-0.1, -0.05) is 0 Å². The summed E-state index contributed by atoms with van der Waals surface area (Å²) in [5.74, 6) is -0.901. The van der Waals surface area contributed by atoms with E-state index in [-0.39, 0.29) is 17.5 Å². The highest BCUT2D eigenvalue weighted by Gasteiger charge is 2.59. The highest BCUT2D eigenvalue weighted by Crippen LogP contribution is 2.52. The van der Waals surface area contributed by atoms with Gasteiger partial charge in [-0.15, -0.1) is 0 Å². The van der Waals surface area contributed by atoms with Gasteiger partial charge in [-0.05, 0) is 23.8 Å². The normalized spacial score (nSPS) is 24.9. The number of ether oxygens (including phenoxy) is 1. The first-order chi connectivity index (χ1) is 9.26. The van der Waals surface area contributed by atoms with Gasteiger partial charge in [0.2, 0.25) is 0 Å². The van der Waals surface area contributed by atoms with Gasteiger partial charge in [0.25, 0.3) is 0 Å². The summed E-state index contributed by atoms with van der Waals surface area (Å²) in [6, 6.07) is 3.93. The molecule has 0 N–H and O–H groups in total. The number of nitriles is 1. The summed E-state index contributed by atoms with van der Waals surface area (Å²) >= 11 is 0. The molecule has 0 spiro atoms. The van der Waals surface area contributed by atoms with Crippen LogP contribution >= 0.6 is 0 Å². The molecule has 2 atom stereocenters. The number of rotatable bonds is 2. The number of hydrogen-bond acceptors (Lipinski definition) is 3. The van der Waals surface area contributed by atoms with Crippen LogP contribution < -0.4 is 0 Å². The number of nitrogens with zero attached hydrogens (tertiary/aromatic N) is 1. The minimum Gasteiger partial charge on any atom is -0.465 e. The third kappa shape index (κ3) is 2.11. The Kier molecular flexibility index (Phi) is 3.20. The average Bonchev–Trinajstić information content (AvgIpc) is 3.08. The predicted molar refractivity (Wildman–Crippen MR) is 59.6 cm³/mol. The molecule has 0 bridgehead atoms. The quantitative estimate of drug-likeness (QED) is 0.620. The molecule has 0 amide bonds. The summed E-state index contributed by atoms with van der Waals surface area (Å²) < 4.78 is 56.0. The van der Waals surface area contributed by atoms with Gasteiger partial charge in [0.05, 0.1) is 24.3 Å². The van der Waals surface area contributed by atoms with Crippen molar-refractivity contribution >= 4 is 5.97 Å². The van der Waals surface area contributed by atoms with E-state index in [4.69, 9.17) is 5.26 Å². The second kappa shape index (κ2) is 4.47. The first-order valence-corrected chi connectivity index (χ1v) is 5.61. The molecule has 1 aliphatic rings. The zero-order valence-electron chi connectivity index (χ0n) is 10.3. The van der Waals surface area contributed by atoms with Gasteiger partial charge >= 0.3 is 12.1 Å². The molecule has 1 fully saturated rings. The monoisotopic (exact) mass is 287 g/mol. The van der Waals surface area contributed by atoms with E-state index in [2.05, 4.69) is 4.74 Å². The molecule has 7 heteroatoms. The second-order valence-corrected chi connectivity index (χ2v) is 4.50. The minimum atomic E-state index is -4.64. The van der Waals surface area contributed by atoms with Crippen LogP contribution in [0.15, 0.2) is 18.2 Å². The van der Waals surface area contributed by atoms with E-state index >= 15 is 0 Å². The lowest BCUT2D eigenvalue weighted by molar-refractivity contribution is -0.137. The highest BCUT2D eigenvalue weighted by atomic mass is 19.4. The molecule has 0 heterocycles. The van der Waals surface area contributed by atoms with E-state index in [1.165, 1.54) is 0 Å². The molecular weight excluding hydrogens is 278 g/mol. The third-order valence-corrected chi connectivity index (χ3v) is 3.31. The topological polar surface area (TPSA) is 50.1 Å². The number of hydrogen-bond donors (Lipinski definition) is 0. The zero-order chi connectivity index (χ0) is 15.1. The fraction of sp³-hybridized carbons (Fsp3) is 0.385. The van der Waals surface area contributed by atoms with Crippen LogP contribution in [-0.4, -0.2) is 19.3 Å². The molecular formula is C13H9F4NO2. The van der Waals surface area contributed by atoms with Crippen LogP contribution in [0.2, 0.25) is 0 Å². The van der Waals surface area contributed by atoms with Crippen LogP contribution in [0.1, 0.15) is 27.9 Å². The number of carbonyl (C=O) groups is 1. The lowest BCUT2D eigenvalue weighted by atomic mass is 9.90. The molecule has 0 aliphatic heterocycles. The molecule has 0 aromatic heterocycles. The first-order valence-electron chi connectivity index (χ1n) is 5.61. The standard InChI is InChI=1S/C13H9F4NO2/c1-20-11(19)8-3-2-7(13(15,16)17)4-9(8)12(6-18)5-10(12)14/h2-4,10H,5H2,1H3/t10-,12-/m0/s1. The molecule has 1 saturated carbocycles. The van der Waals surface area contributed by atoms with Crippen molar-refractivity contribution in [3.05, 3.63) is 34.9 Å². The summed E-state index contributed by atoms with van der Waals surface area (Å²) in [4.78, 5) is 11.6. The van der Waals surface area contributed by atoms with Crippen molar-refractivity contribution in [3.63, 3.8) is 0 Å². The van der Waals surface area contributed by atoms with Gasteiger partial charge in [0.1, 0.15) is 11.6 Å². The van der Waals surface area contributed by atoms with E-state index in [1.54, 1.807) is 6.07 Å². The highest BCUT2D eigenvalue weighted by molar-refractivity contribution is 5.92. The first kappa shape index (κ1) is 14.3. The van der Waals surface area contributed by atoms with Crippen LogP contribution in [0.5, 0.6) is 0 Å². The summed E-state index contributed by atoms with van der Waals surface area (Å²) in [6.07, 6.45) is -6.45. The van der Waals surface area contributed by atoms with Crippen molar-refractivity contribution in [2.45, 2.75) is 24.2 Å². The molecule has 2 rings (SSSR count). The van der Waals surface area contributed by atoms with E-state index in [0.717, 1.165) is 13.2 Å². The molecule has 1 aromatic carbocycles. The maximum absolute atomic E-state index is 13.4. The van der Waals surface area contributed by atoms with Crippen LogP contribution in [0.25, 0.3) is 0 Å². The van der Waals surface area contributed by atoms with Crippen molar-refractivity contribution in [1.29, 1.82) is 5.26 Å². The summed E-state index contributed by atoms with van der Waals surface area (Å²) in [5.41, 5.74) is -3.21. The second-order valence-electron chi connectivity index (χ2n) is 4.50. The molecule has 3 nitrogen and oxygen atoms in total. The number of carbonyl (C=O) groups excluding carboxylic acids is 1. The summed E-state index contributed by atoms with van der Waals surface area (Å²) in [5, 5.41) is 9.03. The Morgan fingerprint density at radius 1 is 1.50 bits per heavy atom. The maximum Gasteiger partial charge on any atom is 0.416 e. The van der Waals surface area contributed by atoms with Gasteiger partial charge in [0.15, 0.2) is 0 Å². The smallest absolute Gasteiger partial charge is 0.416 e. The number of halogens is 4. The molecule has 20 heavy (non-hydrogen) atoms. The van der Waals surface area contributed by atoms with Gasteiger partial charge < -0.3 is 4.74 Å². The number of benzene rings is 1. The Morgan fingerprint density at radius 2 is 2.10 bits per heavy atom. The predicted octanol–water partition coefficient (Wildman–Crippen LogP) is 3.00. The maximum atomic E-state index is 13.4. The van der Waals surface area contributed by atoms with Crippen molar-refractivity contribution in [2.75, 3.05) is 7.11 Å².